The van der Waals surface area contributed by atoms with E-state index < -0.39 is 70.6 Å². The van der Waals surface area contributed by atoms with Gasteiger partial charge in [0.1, 0.15) is 34.9 Å². The molecule has 0 aliphatic carbocycles. The molecule has 3 rings (SSSR count). The molecule has 1 aromatic carbocycles. The van der Waals surface area contributed by atoms with Crippen molar-refractivity contribution in [3.05, 3.63) is 47.2 Å². The molecule has 0 aromatic heterocycles. The number of carboxylic acids is 1. The van der Waals surface area contributed by atoms with E-state index >= 15 is 0 Å². The Kier molecular flexibility index (Phi) is 7.60. The van der Waals surface area contributed by atoms with Gasteiger partial charge in [-0.05, 0) is 5.56 Å². The molecule has 1 amide bonds. The SMILES string of the molecule is CC(=O)OC(OC(C)=O)(OC(=O)CC(=O)Cc1ccccc1)C1=C(C(=O)O)N2C(=O)[C@@H](N)[C@H]2SC1. The van der Waals surface area contributed by atoms with Crippen LogP contribution in [0.1, 0.15) is 25.8 Å². The van der Waals surface area contributed by atoms with Crippen LogP contribution in [0.4, 0.5) is 0 Å². The van der Waals surface area contributed by atoms with Gasteiger partial charge in [0.15, 0.2) is 0 Å². The van der Waals surface area contributed by atoms with Crippen molar-refractivity contribution >= 4 is 47.3 Å². The minimum atomic E-state index is -2.95. The number of thioether (sulfide) groups is 1. The van der Waals surface area contributed by atoms with Crippen molar-refractivity contribution in [3.8, 4) is 0 Å². The monoisotopic (exact) mass is 506 g/mol. The van der Waals surface area contributed by atoms with Gasteiger partial charge >= 0.3 is 29.9 Å². The normalized spacial score (nSPS) is 19.3. The fourth-order valence-corrected chi connectivity index (χ4v) is 4.94. The maximum atomic E-state index is 12.7. The lowest BCUT2D eigenvalue weighted by molar-refractivity contribution is -0.308. The molecule has 0 bridgehead atoms. The highest BCUT2D eigenvalue weighted by molar-refractivity contribution is 8.00. The van der Waals surface area contributed by atoms with E-state index in [2.05, 4.69) is 0 Å². The predicted octanol–water partition coefficient (Wildman–Crippen LogP) is 0.0926. The number of ether oxygens (including phenoxy) is 3. The average Bonchev–Trinajstić information content (AvgIpc) is 2.76. The van der Waals surface area contributed by atoms with Gasteiger partial charge in [-0.1, -0.05) is 30.3 Å². The first-order valence-electron chi connectivity index (χ1n) is 10.3. The van der Waals surface area contributed by atoms with E-state index in [1.165, 1.54) is 0 Å². The Morgan fingerprint density at radius 2 is 1.69 bits per heavy atom. The second-order valence-electron chi connectivity index (χ2n) is 7.66. The Bertz CT molecular complexity index is 1100. The number of benzene rings is 1. The lowest BCUT2D eigenvalue weighted by atomic mass is 10.0. The first kappa shape index (κ1) is 25.9. The molecular formula is C22H22N2O10S. The first-order valence-corrected chi connectivity index (χ1v) is 11.3. The molecule has 13 heteroatoms. The minimum absolute atomic E-state index is 0.106. The van der Waals surface area contributed by atoms with Gasteiger partial charge in [-0.3, -0.25) is 28.9 Å². The molecule has 186 valence electrons. The molecule has 3 N–H and O–H groups in total. The number of hydrogen-bond donors (Lipinski definition) is 2. The molecule has 2 heterocycles. The van der Waals surface area contributed by atoms with Gasteiger partial charge in [0, 0.05) is 26.0 Å². The van der Waals surface area contributed by atoms with Crippen LogP contribution < -0.4 is 5.73 Å². The van der Waals surface area contributed by atoms with Crippen LogP contribution in [0.2, 0.25) is 0 Å². The zero-order valence-corrected chi connectivity index (χ0v) is 19.5. The number of carbonyl (C=O) groups is 6. The van der Waals surface area contributed by atoms with Crippen LogP contribution in [0.15, 0.2) is 41.6 Å². The number of Topliss-reactive ketones (excluding diaryl/α,β-unsaturated/α-hetero) is 1. The molecule has 2 aliphatic rings. The number of aliphatic carboxylic acids is 1. The van der Waals surface area contributed by atoms with E-state index in [0.717, 1.165) is 30.5 Å². The number of ketones is 1. The summed E-state index contributed by atoms with van der Waals surface area (Å²) in [6, 6.07) is 7.57. The van der Waals surface area contributed by atoms with Gasteiger partial charge in [0.25, 0.3) is 0 Å². The van der Waals surface area contributed by atoms with E-state index in [1.807, 2.05) is 0 Å². The van der Waals surface area contributed by atoms with Crippen LogP contribution in [-0.2, 0) is 49.4 Å². The fraction of sp³-hybridized carbons (Fsp3) is 0.364. The Hall–Kier alpha value is -3.71. The van der Waals surface area contributed by atoms with Crippen molar-refractivity contribution in [2.75, 3.05) is 5.75 Å². The van der Waals surface area contributed by atoms with E-state index in [-0.39, 0.29) is 12.2 Å². The summed E-state index contributed by atoms with van der Waals surface area (Å²) in [7, 11) is 0. The topological polar surface area (TPSA) is 180 Å². The Morgan fingerprint density at radius 1 is 1.09 bits per heavy atom. The van der Waals surface area contributed by atoms with Crippen molar-refractivity contribution in [1.82, 2.24) is 4.90 Å². The number of amides is 1. The number of nitrogens with zero attached hydrogens (tertiary/aromatic N) is 1. The minimum Gasteiger partial charge on any atom is -0.477 e. The quantitative estimate of drug-likeness (QED) is 0.200. The van der Waals surface area contributed by atoms with Crippen LogP contribution in [0.5, 0.6) is 0 Å². The molecular weight excluding hydrogens is 484 g/mol. The van der Waals surface area contributed by atoms with Crippen molar-refractivity contribution in [1.29, 1.82) is 0 Å². The maximum Gasteiger partial charge on any atom is 0.453 e. The molecule has 1 aromatic rings. The van der Waals surface area contributed by atoms with Crippen LogP contribution in [0.3, 0.4) is 0 Å². The van der Waals surface area contributed by atoms with Crippen LogP contribution in [0.25, 0.3) is 0 Å². The zero-order chi connectivity index (χ0) is 25.9. The Labute approximate surface area is 203 Å². The van der Waals surface area contributed by atoms with E-state index in [9.17, 15) is 33.9 Å². The molecule has 35 heavy (non-hydrogen) atoms. The molecule has 1 fully saturated rings. The van der Waals surface area contributed by atoms with Gasteiger partial charge in [-0.15, -0.1) is 11.8 Å². The lowest BCUT2D eigenvalue weighted by Gasteiger charge is -2.49. The van der Waals surface area contributed by atoms with Crippen LogP contribution in [-0.4, -0.2) is 68.7 Å². The molecule has 0 spiro atoms. The van der Waals surface area contributed by atoms with Crippen LogP contribution >= 0.6 is 11.8 Å². The third-order valence-electron chi connectivity index (χ3n) is 4.97. The number of hydrogen-bond acceptors (Lipinski definition) is 11. The number of carbonyl (C=O) groups excluding carboxylic acids is 5. The van der Waals surface area contributed by atoms with Gasteiger partial charge in [-0.2, -0.15) is 0 Å². The number of fused-ring (bicyclic) bond motifs is 1. The summed E-state index contributed by atoms with van der Waals surface area (Å²) in [5, 5.41) is 9.10. The molecule has 0 unspecified atom stereocenters. The molecule has 0 saturated carbocycles. The second kappa shape index (κ2) is 10.3. The van der Waals surface area contributed by atoms with E-state index in [0.29, 0.717) is 5.56 Å². The van der Waals surface area contributed by atoms with Crippen molar-refractivity contribution in [2.24, 2.45) is 5.73 Å². The van der Waals surface area contributed by atoms with Crippen molar-refractivity contribution in [3.63, 3.8) is 0 Å². The largest absolute Gasteiger partial charge is 0.477 e. The molecule has 2 atom stereocenters. The smallest absolute Gasteiger partial charge is 0.453 e. The summed E-state index contributed by atoms with van der Waals surface area (Å²) in [4.78, 5) is 74.2. The van der Waals surface area contributed by atoms with E-state index in [4.69, 9.17) is 19.9 Å². The van der Waals surface area contributed by atoms with Crippen molar-refractivity contribution < 1.29 is 48.1 Å². The summed E-state index contributed by atoms with van der Waals surface area (Å²) >= 11 is 0.996. The second-order valence-corrected chi connectivity index (χ2v) is 8.77. The maximum absolute atomic E-state index is 12.7. The standard InChI is InChI=1S/C22H22N2O10S/c1-11(25)32-22(33-12(2)26,34-16(28)9-14(27)8-13-6-4-3-5-7-13)15-10-35-20-17(23)19(29)24(20)18(15)21(30)31/h3-7,17,20H,8-10,23H2,1-2H3,(H,30,31)/t17-,20-/m1/s1. The number of esters is 3. The zero-order valence-electron chi connectivity index (χ0n) is 18.7. The highest BCUT2D eigenvalue weighted by Crippen LogP contribution is 2.44. The number of carboxylic acid groups (broad SMARTS) is 1. The fourth-order valence-electron chi connectivity index (χ4n) is 3.61. The summed E-state index contributed by atoms with van der Waals surface area (Å²) in [6.45, 7) is 1.83. The highest BCUT2D eigenvalue weighted by atomic mass is 32.2. The number of nitrogens with two attached hydrogens (primary N) is 1. The molecule has 1 saturated heterocycles. The lowest BCUT2D eigenvalue weighted by Crippen LogP contribution is -2.69. The Morgan fingerprint density at radius 3 is 2.23 bits per heavy atom. The first-order chi connectivity index (χ1) is 16.4. The summed E-state index contributed by atoms with van der Waals surface area (Å²) in [5.41, 5.74) is 5.18. The summed E-state index contributed by atoms with van der Waals surface area (Å²) in [5.74, 6) is -9.59. The van der Waals surface area contributed by atoms with Crippen LogP contribution in [0, 0.1) is 0 Å². The summed E-state index contributed by atoms with van der Waals surface area (Å²) in [6.07, 6.45) is -0.900. The third-order valence-corrected chi connectivity index (χ3v) is 6.27. The molecule has 2 aliphatic heterocycles. The average molecular weight is 506 g/mol. The number of β-lactam (4-membered cyclic amide) rings is 1. The summed E-state index contributed by atoms with van der Waals surface area (Å²) < 4.78 is 15.3. The van der Waals surface area contributed by atoms with Crippen molar-refractivity contribution in [2.45, 2.75) is 44.1 Å². The third kappa shape index (κ3) is 5.52. The predicted molar refractivity (Wildman–Crippen MR) is 118 cm³/mol. The Balaban J connectivity index is 1.98. The van der Waals surface area contributed by atoms with Gasteiger partial charge in [0.2, 0.25) is 5.91 Å². The molecule has 0 radical (unpaired) electrons. The highest BCUT2D eigenvalue weighted by Gasteiger charge is 2.58. The van der Waals surface area contributed by atoms with Gasteiger partial charge < -0.3 is 25.1 Å². The number of rotatable bonds is 9. The van der Waals surface area contributed by atoms with Gasteiger partial charge in [0.05, 0.1) is 0 Å². The molecule has 12 nitrogen and oxygen atoms in total. The van der Waals surface area contributed by atoms with Gasteiger partial charge in [-0.25, -0.2) is 4.79 Å². The van der Waals surface area contributed by atoms with E-state index in [1.54, 1.807) is 30.3 Å².